The van der Waals surface area contributed by atoms with Crippen LogP contribution in [0.15, 0.2) is 48.5 Å². The molecular formula is C24H30N2O3. The van der Waals surface area contributed by atoms with Crippen molar-refractivity contribution in [3.63, 3.8) is 0 Å². The lowest BCUT2D eigenvalue weighted by Crippen LogP contribution is -2.43. The number of carbonyl (C=O) groups is 2. The highest BCUT2D eigenvalue weighted by molar-refractivity contribution is 6.05. The third-order valence-electron chi connectivity index (χ3n) is 5.24. The minimum Gasteiger partial charge on any atom is -0.491 e. The van der Waals surface area contributed by atoms with Crippen LogP contribution < -0.4 is 10.1 Å². The van der Waals surface area contributed by atoms with Crippen molar-refractivity contribution in [2.24, 2.45) is 0 Å². The highest BCUT2D eigenvalue weighted by Gasteiger charge is 2.26. The molecule has 1 aliphatic heterocycles. The van der Waals surface area contributed by atoms with Crippen LogP contribution in [0.25, 0.3) is 0 Å². The predicted octanol–water partition coefficient (Wildman–Crippen LogP) is 5.13. The van der Waals surface area contributed by atoms with E-state index in [1.54, 1.807) is 24.3 Å². The second-order valence-electron chi connectivity index (χ2n) is 7.78. The van der Waals surface area contributed by atoms with Crippen molar-refractivity contribution in [3.05, 3.63) is 59.7 Å². The first-order chi connectivity index (χ1) is 14.0. The molecule has 0 radical (unpaired) electrons. The van der Waals surface area contributed by atoms with Crippen LogP contribution in [0.2, 0.25) is 0 Å². The molecule has 29 heavy (non-hydrogen) atoms. The maximum atomic E-state index is 12.9. The van der Waals surface area contributed by atoms with Crippen LogP contribution in [0.4, 0.5) is 5.69 Å². The molecule has 1 atom stereocenters. The number of benzene rings is 2. The van der Waals surface area contributed by atoms with Gasteiger partial charge in [0.15, 0.2) is 0 Å². The molecule has 1 saturated heterocycles. The Balaban J connectivity index is 1.63. The number of amides is 2. The van der Waals surface area contributed by atoms with E-state index in [0.29, 0.717) is 22.9 Å². The second-order valence-corrected chi connectivity index (χ2v) is 7.78. The maximum absolute atomic E-state index is 12.9. The van der Waals surface area contributed by atoms with E-state index in [1.165, 1.54) is 6.42 Å². The zero-order valence-corrected chi connectivity index (χ0v) is 17.5. The molecule has 2 aromatic carbocycles. The molecule has 1 aliphatic rings. The highest BCUT2D eigenvalue weighted by Crippen LogP contribution is 2.22. The molecule has 0 saturated carbocycles. The van der Waals surface area contributed by atoms with E-state index in [1.807, 2.05) is 43.0 Å². The number of rotatable bonds is 6. The summed E-state index contributed by atoms with van der Waals surface area (Å²) in [4.78, 5) is 27.4. The summed E-state index contributed by atoms with van der Waals surface area (Å²) in [7, 11) is 0. The number of piperidine rings is 1. The highest BCUT2D eigenvalue weighted by atomic mass is 16.5. The molecule has 1 unspecified atom stereocenters. The third-order valence-corrected chi connectivity index (χ3v) is 5.24. The first-order valence-electron chi connectivity index (χ1n) is 10.5. The standard InChI is InChI=1S/C24H30N2O3/c1-4-21-7-5-6-16-26(21)24(28)19-10-8-18(9-11-19)23(27)25-20-12-14-22(15-13-20)29-17(2)3/h8-15,17,21H,4-7,16H2,1-3H3,(H,25,27). The SMILES string of the molecule is CCC1CCCCN1C(=O)c1ccc(C(=O)Nc2ccc(OC(C)C)cc2)cc1. The van der Waals surface area contributed by atoms with Gasteiger partial charge in [0.05, 0.1) is 6.10 Å². The summed E-state index contributed by atoms with van der Waals surface area (Å²) in [6.45, 7) is 6.89. The predicted molar refractivity (Wildman–Crippen MR) is 116 cm³/mol. The van der Waals surface area contributed by atoms with Gasteiger partial charge in [-0.15, -0.1) is 0 Å². The quantitative estimate of drug-likeness (QED) is 0.739. The van der Waals surface area contributed by atoms with Gasteiger partial charge in [-0.3, -0.25) is 9.59 Å². The number of nitrogens with one attached hydrogen (secondary N) is 1. The minimum atomic E-state index is -0.203. The average Bonchev–Trinajstić information content (AvgIpc) is 2.74. The Morgan fingerprint density at radius 2 is 1.69 bits per heavy atom. The fourth-order valence-corrected chi connectivity index (χ4v) is 3.71. The van der Waals surface area contributed by atoms with E-state index >= 15 is 0 Å². The van der Waals surface area contributed by atoms with Gasteiger partial charge >= 0.3 is 0 Å². The van der Waals surface area contributed by atoms with Crippen molar-refractivity contribution in [1.82, 2.24) is 4.90 Å². The van der Waals surface area contributed by atoms with Crippen LogP contribution in [0, 0.1) is 0 Å². The number of nitrogens with zero attached hydrogens (tertiary/aromatic N) is 1. The molecule has 0 spiro atoms. The maximum Gasteiger partial charge on any atom is 0.255 e. The van der Waals surface area contributed by atoms with Crippen LogP contribution in [-0.4, -0.2) is 35.4 Å². The van der Waals surface area contributed by atoms with Gasteiger partial charge in [0.2, 0.25) is 0 Å². The van der Waals surface area contributed by atoms with Gasteiger partial charge in [-0.2, -0.15) is 0 Å². The van der Waals surface area contributed by atoms with Crippen LogP contribution in [-0.2, 0) is 0 Å². The summed E-state index contributed by atoms with van der Waals surface area (Å²) >= 11 is 0. The van der Waals surface area contributed by atoms with Gasteiger partial charge < -0.3 is 15.0 Å². The summed E-state index contributed by atoms with van der Waals surface area (Å²) in [5, 5.41) is 2.88. The van der Waals surface area contributed by atoms with Crippen LogP contribution >= 0.6 is 0 Å². The Hall–Kier alpha value is -2.82. The Labute approximate surface area is 173 Å². The van der Waals surface area contributed by atoms with Gasteiger partial charge in [-0.1, -0.05) is 6.92 Å². The van der Waals surface area contributed by atoms with E-state index in [2.05, 4.69) is 12.2 Å². The minimum absolute atomic E-state index is 0.0595. The molecule has 5 nitrogen and oxygen atoms in total. The van der Waals surface area contributed by atoms with Gasteiger partial charge in [0, 0.05) is 29.4 Å². The van der Waals surface area contributed by atoms with E-state index in [0.717, 1.165) is 31.6 Å². The fraction of sp³-hybridized carbons (Fsp3) is 0.417. The molecule has 154 valence electrons. The number of anilines is 1. The molecule has 2 amide bonds. The Morgan fingerprint density at radius 1 is 1.03 bits per heavy atom. The number of ether oxygens (including phenoxy) is 1. The summed E-state index contributed by atoms with van der Waals surface area (Å²) < 4.78 is 5.61. The molecule has 1 N–H and O–H groups in total. The van der Waals surface area contributed by atoms with Crippen molar-refractivity contribution < 1.29 is 14.3 Å². The molecule has 0 bridgehead atoms. The fourth-order valence-electron chi connectivity index (χ4n) is 3.71. The molecule has 2 aromatic rings. The topological polar surface area (TPSA) is 58.6 Å². The van der Waals surface area contributed by atoms with E-state index < -0.39 is 0 Å². The monoisotopic (exact) mass is 394 g/mol. The third kappa shape index (κ3) is 5.37. The van der Waals surface area contributed by atoms with Gasteiger partial charge in [-0.05, 0) is 88.1 Å². The van der Waals surface area contributed by atoms with Crippen molar-refractivity contribution in [3.8, 4) is 5.75 Å². The number of carbonyl (C=O) groups excluding carboxylic acids is 2. The zero-order valence-electron chi connectivity index (χ0n) is 17.5. The Kier molecular flexibility index (Phi) is 6.91. The Bertz CT molecular complexity index is 828. The van der Waals surface area contributed by atoms with Crippen molar-refractivity contribution in [2.75, 3.05) is 11.9 Å². The summed E-state index contributed by atoms with van der Waals surface area (Å²) in [6, 6.07) is 14.5. The van der Waals surface area contributed by atoms with Crippen LogP contribution in [0.1, 0.15) is 67.2 Å². The first-order valence-corrected chi connectivity index (χ1v) is 10.5. The molecule has 0 aromatic heterocycles. The van der Waals surface area contributed by atoms with Gasteiger partial charge in [0.1, 0.15) is 5.75 Å². The lowest BCUT2D eigenvalue weighted by Gasteiger charge is -2.35. The summed E-state index contributed by atoms with van der Waals surface area (Å²) in [6.07, 6.45) is 4.40. The average molecular weight is 395 g/mol. The summed E-state index contributed by atoms with van der Waals surface area (Å²) in [5.41, 5.74) is 1.86. The second kappa shape index (κ2) is 9.59. The van der Waals surface area contributed by atoms with Crippen molar-refractivity contribution >= 4 is 17.5 Å². The number of hydrogen-bond donors (Lipinski definition) is 1. The number of likely N-dealkylation sites (tertiary alicyclic amines) is 1. The zero-order chi connectivity index (χ0) is 20.8. The van der Waals surface area contributed by atoms with E-state index in [-0.39, 0.29) is 17.9 Å². The molecular weight excluding hydrogens is 364 g/mol. The molecule has 1 heterocycles. The first kappa shape index (κ1) is 20.9. The van der Waals surface area contributed by atoms with Crippen LogP contribution in [0.3, 0.4) is 0 Å². The molecule has 0 aliphatic carbocycles. The summed E-state index contributed by atoms with van der Waals surface area (Å²) in [5.74, 6) is 0.624. The van der Waals surface area contributed by atoms with Crippen molar-refractivity contribution in [1.29, 1.82) is 0 Å². The van der Waals surface area contributed by atoms with Crippen LogP contribution in [0.5, 0.6) is 5.75 Å². The van der Waals surface area contributed by atoms with Gasteiger partial charge in [-0.25, -0.2) is 0 Å². The van der Waals surface area contributed by atoms with E-state index in [4.69, 9.17) is 4.74 Å². The normalized spacial score (nSPS) is 16.6. The van der Waals surface area contributed by atoms with Gasteiger partial charge in [0.25, 0.3) is 11.8 Å². The lowest BCUT2D eigenvalue weighted by molar-refractivity contribution is 0.0607. The lowest BCUT2D eigenvalue weighted by atomic mass is 9.98. The molecule has 1 fully saturated rings. The van der Waals surface area contributed by atoms with Crippen molar-refractivity contribution in [2.45, 2.75) is 58.6 Å². The largest absolute Gasteiger partial charge is 0.491 e. The van der Waals surface area contributed by atoms with E-state index in [9.17, 15) is 9.59 Å². The molecule has 3 rings (SSSR count). The smallest absolute Gasteiger partial charge is 0.255 e. The number of hydrogen-bond acceptors (Lipinski definition) is 3. The Morgan fingerprint density at radius 3 is 2.31 bits per heavy atom. The molecule has 5 heteroatoms.